The second-order valence-corrected chi connectivity index (χ2v) is 6.72. The van der Waals surface area contributed by atoms with Crippen LogP contribution in [0.1, 0.15) is 44.0 Å². The number of fused-ring (bicyclic) bond motifs is 1. The molecule has 0 unspecified atom stereocenters. The Balaban J connectivity index is 2.13. The molecule has 2 aromatic rings. The molecule has 1 N–H and O–H groups in total. The van der Waals surface area contributed by atoms with Gasteiger partial charge in [-0.15, -0.1) is 0 Å². The van der Waals surface area contributed by atoms with E-state index in [1.54, 1.807) is 7.11 Å². The van der Waals surface area contributed by atoms with Crippen molar-refractivity contribution in [3.63, 3.8) is 0 Å². The molecule has 0 bridgehead atoms. The van der Waals surface area contributed by atoms with E-state index in [1.165, 1.54) is 6.92 Å². The molecule has 126 valence electrons. The molecule has 0 radical (unpaired) electrons. The van der Waals surface area contributed by atoms with E-state index in [0.717, 1.165) is 22.6 Å². The van der Waals surface area contributed by atoms with Crippen LogP contribution in [-0.4, -0.2) is 13.1 Å². The molecule has 0 saturated carbocycles. The summed E-state index contributed by atoms with van der Waals surface area (Å²) in [4.78, 5) is 11.7. The molecule has 4 heteroatoms. The molecule has 1 heterocycles. The highest BCUT2D eigenvalue weighted by Crippen LogP contribution is 2.54. The molecule has 4 nitrogen and oxygen atoms in total. The van der Waals surface area contributed by atoms with Crippen molar-refractivity contribution < 1.29 is 14.3 Å². The molecule has 24 heavy (non-hydrogen) atoms. The zero-order valence-electron chi connectivity index (χ0n) is 14.5. The average Bonchev–Trinajstić information content (AvgIpc) is 2.57. The van der Waals surface area contributed by atoms with Crippen LogP contribution in [0, 0.1) is 5.41 Å². The molecule has 2 atom stereocenters. The summed E-state index contributed by atoms with van der Waals surface area (Å²) in [5, 5.41) is 3.61. The highest BCUT2D eigenvalue weighted by molar-refractivity contribution is 5.68. The molecule has 0 spiro atoms. The molecular formula is C20H23NO3. The Morgan fingerprint density at radius 3 is 2.33 bits per heavy atom. The SMILES string of the molecule is COc1ccccc1[C@H]1Nc2ccccc2[C@@H](OC(C)=O)C1(C)C. The van der Waals surface area contributed by atoms with Crippen molar-refractivity contribution in [2.45, 2.75) is 32.9 Å². The summed E-state index contributed by atoms with van der Waals surface area (Å²) in [6, 6.07) is 15.9. The largest absolute Gasteiger partial charge is 0.496 e. The van der Waals surface area contributed by atoms with Gasteiger partial charge in [0.1, 0.15) is 11.9 Å². The summed E-state index contributed by atoms with van der Waals surface area (Å²) in [5.41, 5.74) is 2.69. The predicted octanol–water partition coefficient (Wildman–Crippen LogP) is 4.49. The van der Waals surface area contributed by atoms with Crippen LogP contribution in [0.3, 0.4) is 0 Å². The van der Waals surface area contributed by atoms with E-state index in [-0.39, 0.29) is 23.5 Å². The predicted molar refractivity (Wildman–Crippen MR) is 94.1 cm³/mol. The average molecular weight is 325 g/mol. The van der Waals surface area contributed by atoms with Crippen LogP contribution in [-0.2, 0) is 9.53 Å². The van der Waals surface area contributed by atoms with Gasteiger partial charge in [0.15, 0.2) is 0 Å². The summed E-state index contributed by atoms with van der Waals surface area (Å²) in [7, 11) is 1.67. The van der Waals surface area contributed by atoms with E-state index in [9.17, 15) is 4.79 Å². The number of rotatable bonds is 3. The first-order valence-corrected chi connectivity index (χ1v) is 8.10. The first-order valence-electron chi connectivity index (χ1n) is 8.10. The van der Waals surface area contributed by atoms with Crippen molar-refractivity contribution in [2.24, 2.45) is 5.41 Å². The Hall–Kier alpha value is -2.49. The molecule has 0 aliphatic carbocycles. The van der Waals surface area contributed by atoms with Gasteiger partial charge in [0.2, 0.25) is 0 Å². The number of nitrogens with one attached hydrogen (secondary N) is 1. The molecule has 1 aliphatic rings. The van der Waals surface area contributed by atoms with Crippen molar-refractivity contribution in [3.05, 3.63) is 59.7 Å². The maximum atomic E-state index is 11.7. The number of para-hydroxylation sites is 2. The van der Waals surface area contributed by atoms with E-state index < -0.39 is 0 Å². The number of ether oxygens (including phenoxy) is 2. The van der Waals surface area contributed by atoms with Gasteiger partial charge < -0.3 is 14.8 Å². The highest BCUT2D eigenvalue weighted by Gasteiger charge is 2.46. The van der Waals surface area contributed by atoms with Gasteiger partial charge in [-0.2, -0.15) is 0 Å². The summed E-state index contributed by atoms with van der Waals surface area (Å²) in [6.45, 7) is 5.68. The standard InChI is InChI=1S/C20H23NO3/c1-13(22)24-19-14-9-5-7-11-16(14)21-18(20(19,2)3)15-10-6-8-12-17(15)23-4/h5-12,18-19,21H,1-4H3/t18-,19-/m1/s1. The number of esters is 1. The third-order valence-electron chi connectivity index (χ3n) is 4.70. The summed E-state index contributed by atoms with van der Waals surface area (Å²) < 4.78 is 11.3. The van der Waals surface area contributed by atoms with Crippen molar-refractivity contribution >= 4 is 11.7 Å². The minimum atomic E-state index is -0.353. The summed E-state index contributed by atoms with van der Waals surface area (Å²) in [5.74, 6) is 0.549. The highest BCUT2D eigenvalue weighted by atomic mass is 16.5. The minimum Gasteiger partial charge on any atom is -0.496 e. The molecule has 0 aromatic heterocycles. The van der Waals surface area contributed by atoms with Crippen LogP contribution in [0.2, 0.25) is 0 Å². The van der Waals surface area contributed by atoms with Crippen LogP contribution < -0.4 is 10.1 Å². The van der Waals surface area contributed by atoms with Crippen LogP contribution in [0.5, 0.6) is 5.75 Å². The van der Waals surface area contributed by atoms with Crippen molar-refractivity contribution in [1.82, 2.24) is 0 Å². The Bertz CT molecular complexity index is 754. The van der Waals surface area contributed by atoms with E-state index >= 15 is 0 Å². The number of anilines is 1. The summed E-state index contributed by atoms with van der Waals surface area (Å²) in [6.07, 6.45) is -0.331. The van der Waals surface area contributed by atoms with Gasteiger partial charge in [-0.1, -0.05) is 50.2 Å². The van der Waals surface area contributed by atoms with Crippen LogP contribution in [0.25, 0.3) is 0 Å². The molecule has 0 saturated heterocycles. The molecule has 1 aliphatic heterocycles. The molecule has 2 aromatic carbocycles. The zero-order valence-corrected chi connectivity index (χ0v) is 14.5. The quantitative estimate of drug-likeness (QED) is 0.845. The van der Waals surface area contributed by atoms with Crippen molar-refractivity contribution in [3.8, 4) is 5.75 Å². The molecule has 0 amide bonds. The number of methoxy groups -OCH3 is 1. The zero-order chi connectivity index (χ0) is 17.3. The van der Waals surface area contributed by atoms with Crippen LogP contribution in [0.4, 0.5) is 5.69 Å². The van der Waals surface area contributed by atoms with Gasteiger partial charge in [-0.25, -0.2) is 0 Å². The normalized spacial score (nSPS) is 21.3. The van der Waals surface area contributed by atoms with Crippen molar-refractivity contribution in [2.75, 3.05) is 12.4 Å². The molecule has 3 rings (SSSR count). The smallest absolute Gasteiger partial charge is 0.303 e. The summed E-state index contributed by atoms with van der Waals surface area (Å²) >= 11 is 0. The monoisotopic (exact) mass is 325 g/mol. The van der Waals surface area contributed by atoms with E-state index in [0.29, 0.717) is 0 Å². The van der Waals surface area contributed by atoms with E-state index in [1.807, 2.05) is 42.5 Å². The first kappa shape index (κ1) is 16.4. The third-order valence-corrected chi connectivity index (χ3v) is 4.70. The Kier molecular flexibility index (Phi) is 4.22. The topological polar surface area (TPSA) is 47.6 Å². The van der Waals surface area contributed by atoms with Gasteiger partial charge in [0.25, 0.3) is 0 Å². The van der Waals surface area contributed by atoms with Gasteiger partial charge >= 0.3 is 5.97 Å². The van der Waals surface area contributed by atoms with Crippen molar-refractivity contribution in [1.29, 1.82) is 0 Å². The van der Waals surface area contributed by atoms with Gasteiger partial charge in [-0.05, 0) is 12.1 Å². The number of hydrogen-bond acceptors (Lipinski definition) is 4. The second-order valence-electron chi connectivity index (χ2n) is 6.72. The lowest BCUT2D eigenvalue weighted by molar-refractivity contribution is -0.154. The molecule has 0 fully saturated rings. The fraction of sp³-hybridized carbons (Fsp3) is 0.350. The van der Waals surface area contributed by atoms with Crippen LogP contribution >= 0.6 is 0 Å². The molecular weight excluding hydrogens is 302 g/mol. The number of hydrogen-bond donors (Lipinski definition) is 1. The van der Waals surface area contributed by atoms with E-state index in [4.69, 9.17) is 9.47 Å². The number of benzene rings is 2. The lowest BCUT2D eigenvalue weighted by Gasteiger charge is -2.46. The third kappa shape index (κ3) is 2.73. The number of carbonyl (C=O) groups excluding carboxylic acids is 1. The lowest BCUT2D eigenvalue weighted by Crippen LogP contribution is -2.40. The fourth-order valence-electron chi connectivity index (χ4n) is 3.52. The maximum absolute atomic E-state index is 11.7. The minimum absolute atomic E-state index is 0.0482. The Morgan fingerprint density at radius 1 is 1.04 bits per heavy atom. The lowest BCUT2D eigenvalue weighted by atomic mass is 9.70. The first-order chi connectivity index (χ1) is 11.4. The van der Waals surface area contributed by atoms with Gasteiger partial charge in [0.05, 0.1) is 13.2 Å². The van der Waals surface area contributed by atoms with Crippen LogP contribution in [0.15, 0.2) is 48.5 Å². The van der Waals surface area contributed by atoms with E-state index in [2.05, 4.69) is 25.2 Å². The van der Waals surface area contributed by atoms with Gasteiger partial charge in [0, 0.05) is 29.2 Å². The Morgan fingerprint density at radius 2 is 1.67 bits per heavy atom. The maximum Gasteiger partial charge on any atom is 0.303 e. The Labute approximate surface area is 142 Å². The van der Waals surface area contributed by atoms with Gasteiger partial charge in [-0.3, -0.25) is 4.79 Å². The number of carbonyl (C=O) groups is 1. The fourth-order valence-corrected chi connectivity index (χ4v) is 3.52. The second kappa shape index (κ2) is 6.19.